The van der Waals surface area contributed by atoms with Crippen LogP contribution < -0.4 is 10.9 Å². The van der Waals surface area contributed by atoms with Crippen molar-refractivity contribution in [2.24, 2.45) is 0 Å². The fourth-order valence-corrected chi connectivity index (χ4v) is 2.04. The van der Waals surface area contributed by atoms with Crippen molar-refractivity contribution in [3.63, 3.8) is 0 Å². The Kier molecular flexibility index (Phi) is 4.09. The molecule has 6 heteroatoms. The molecule has 2 N–H and O–H groups in total. The van der Waals surface area contributed by atoms with Crippen molar-refractivity contribution < 1.29 is 9.90 Å². The topological polar surface area (TPSA) is 83.7 Å². The predicted octanol–water partition coefficient (Wildman–Crippen LogP) is 1.35. The van der Waals surface area contributed by atoms with E-state index in [1.54, 1.807) is 26.1 Å². The van der Waals surface area contributed by atoms with E-state index in [-0.39, 0.29) is 12.1 Å². The van der Waals surface area contributed by atoms with Crippen molar-refractivity contribution in [2.75, 3.05) is 0 Å². The zero-order chi connectivity index (χ0) is 15.6. The van der Waals surface area contributed by atoms with Gasteiger partial charge in [-0.3, -0.25) is 19.3 Å². The summed E-state index contributed by atoms with van der Waals surface area (Å²) in [7, 11) is 0. The third-order valence-corrected chi connectivity index (χ3v) is 3.78. The summed E-state index contributed by atoms with van der Waals surface area (Å²) < 4.78 is 1.48. The number of aromatic nitrogens is 2. The van der Waals surface area contributed by atoms with Gasteiger partial charge in [0.2, 0.25) is 0 Å². The molecule has 1 atom stereocenters. The first-order chi connectivity index (χ1) is 9.87. The molecule has 0 aromatic carbocycles. The minimum absolute atomic E-state index is 0.172. The molecule has 2 heterocycles. The SMILES string of the molecule is CCC(C)(NCc1cc(=O)n2cccc(C)c2n1)C(=O)O. The Labute approximate surface area is 122 Å². The summed E-state index contributed by atoms with van der Waals surface area (Å²) in [5, 5.41) is 12.2. The second-order valence-corrected chi connectivity index (χ2v) is 5.31. The van der Waals surface area contributed by atoms with E-state index in [1.165, 1.54) is 10.5 Å². The van der Waals surface area contributed by atoms with Gasteiger partial charge >= 0.3 is 5.97 Å². The second kappa shape index (κ2) is 5.65. The summed E-state index contributed by atoms with van der Waals surface area (Å²) >= 11 is 0. The molecule has 0 aliphatic rings. The third kappa shape index (κ3) is 2.95. The van der Waals surface area contributed by atoms with Gasteiger partial charge in [0.05, 0.1) is 5.69 Å². The number of aryl methyl sites for hydroxylation is 1. The Hall–Kier alpha value is -2.21. The molecule has 0 spiro atoms. The molecule has 0 bridgehead atoms. The molecular formula is C15H19N3O3. The molecule has 0 saturated carbocycles. The minimum Gasteiger partial charge on any atom is -0.480 e. The summed E-state index contributed by atoms with van der Waals surface area (Å²) in [5.74, 6) is -0.918. The summed E-state index contributed by atoms with van der Waals surface area (Å²) in [5.41, 5.74) is 0.825. The molecule has 0 amide bonds. The van der Waals surface area contributed by atoms with Gasteiger partial charge in [-0.05, 0) is 31.9 Å². The first-order valence-corrected chi connectivity index (χ1v) is 6.83. The minimum atomic E-state index is -1.03. The molecule has 0 saturated heterocycles. The van der Waals surface area contributed by atoms with Crippen LogP contribution in [0.3, 0.4) is 0 Å². The van der Waals surface area contributed by atoms with Gasteiger partial charge in [0.15, 0.2) is 0 Å². The van der Waals surface area contributed by atoms with Crippen LogP contribution in [0, 0.1) is 6.92 Å². The Balaban J connectivity index is 2.34. The molecule has 112 valence electrons. The molecule has 2 aromatic rings. The number of fused-ring (bicyclic) bond motifs is 1. The molecule has 0 radical (unpaired) electrons. The zero-order valence-corrected chi connectivity index (χ0v) is 12.4. The van der Waals surface area contributed by atoms with E-state index in [0.29, 0.717) is 17.8 Å². The van der Waals surface area contributed by atoms with Crippen LogP contribution in [0.2, 0.25) is 0 Å². The Bertz CT molecular complexity index is 739. The fourth-order valence-electron chi connectivity index (χ4n) is 2.04. The maximum atomic E-state index is 12.1. The summed E-state index contributed by atoms with van der Waals surface area (Å²) in [6.45, 7) is 5.53. The smallest absolute Gasteiger partial charge is 0.323 e. The average Bonchev–Trinajstić information content (AvgIpc) is 2.45. The van der Waals surface area contributed by atoms with Crippen molar-refractivity contribution in [1.82, 2.24) is 14.7 Å². The molecule has 0 fully saturated rings. The quantitative estimate of drug-likeness (QED) is 0.868. The fraction of sp³-hybridized carbons (Fsp3) is 0.400. The summed E-state index contributed by atoms with van der Waals surface area (Å²) in [6, 6.07) is 5.10. The first kappa shape index (κ1) is 15.2. The number of carboxylic acids is 1. The molecular weight excluding hydrogens is 270 g/mol. The highest BCUT2D eigenvalue weighted by atomic mass is 16.4. The van der Waals surface area contributed by atoms with Crippen molar-refractivity contribution in [2.45, 2.75) is 39.3 Å². The number of carboxylic acid groups (broad SMARTS) is 1. The Morgan fingerprint density at radius 1 is 1.52 bits per heavy atom. The molecule has 6 nitrogen and oxygen atoms in total. The highest BCUT2D eigenvalue weighted by Gasteiger charge is 2.30. The van der Waals surface area contributed by atoms with Crippen LogP contribution in [0.4, 0.5) is 0 Å². The first-order valence-electron chi connectivity index (χ1n) is 6.83. The molecule has 1 unspecified atom stereocenters. The van der Waals surface area contributed by atoms with E-state index in [2.05, 4.69) is 10.3 Å². The normalized spacial score (nSPS) is 14.0. The standard InChI is InChI=1S/C15H19N3O3/c1-4-15(3,14(20)21)16-9-11-8-12(19)18-7-5-6-10(2)13(18)17-11/h5-8,16H,4,9H2,1-3H3,(H,20,21). The Morgan fingerprint density at radius 3 is 2.86 bits per heavy atom. The van der Waals surface area contributed by atoms with E-state index < -0.39 is 11.5 Å². The van der Waals surface area contributed by atoms with Crippen LogP contribution in [-0.4, -0.2) is 26.0 Å². The van der Waals surface area contributed by atoms with Crippen LogP contribution in [0.15, 0.2) is 29.2 Å². The summed E-state index contributed by atoms with van der Waals surface area (Å²) in [4.78, 5) is 27.8. The maximum Gasteiger partial charge on any atom is 0.323 e. The highest BCUT2D eigenvalue weighted by molar-refractivity contribution is 5.78. The molecule has 0 aliphatic heterocycles. The van der Waals surface area contributed by atoms with Crippen molar-refractivity contribution in [1.29, 1.82) is 0 Å². The Morgan fingerprint density at radius 2 is 2.24 bits per heavy atom. The van der Waals surface area contributed by atoms with Gasteiger partial charge in [0, 0.05) is 18.8 Å². The molecule has 21 heavy (non-hydrogen) atoms. The van der Waals surface area contributed by atoms with Crippen molar-refractivity contribution >= 4 is 11.6 Å². The third-order valence-electron chi connectivity index (χ3n) is 3.78. The lowest BCUT2D eigenvalue weighted by molar-refractivity contribution is -0.144. The van der Waals surface area contributed by atoms with Gasteiger partial charge in [-0.1, -0.05) is 13.0 Å². The van der Waals surface area contributed by atoms with Crippen LogP contribution in [-0.2, 0) is 11.3 Å². The van der Waals surface area contributed by atoms with Gasteiger partial charge in [0.25, 0.3) is 5.56 Å². The number of pyridine rings is 1. The number of rotatable bonds is 5. The van der Waals surface area contributed by atoms with Crippen LogP contribution >= 0.6 is 0 Å². The molecule has 2 rings (SSSR count). The highest BCUT2D eigenvalue weighted by Crippen LogP contribution is 2.11. The van der Waals surface area contributed by atoms with Crippen molar-refractivity contribution in [3.8, 4) is 0 Å². The lowest BCUT2D eigenvalue weighted by Crippen LogP contribution is -2.48. The summed E-state index contributed by atoms with van der Waals surface area (Å²) in [6.07, 6.45) is 2.11. The average molecular weight is 289 g/mol. The van der Waals surface area contributed by atoms with Gasteiger partial charge < -0.3 is 5.11 Å². The van der Waals surface area contributed by atoms with E-state index in [1.807, 2.05) is 13.0 Å². The lowest BCUT2D eigenvalue weighted by atomic mass is 9.99. The maximum absolute atomic E-state index is 12.1. The van der Waals surface area contributed by atoms with Crippen molar-refractivity contribution in [3.05, 3.63) is 46.0 Å². The molecule has 2 aromatic heterocycles. The number of hydrogen-bond donors (Lipinski definition) is 2. The van der Waals surface area contributed by atoms with E-state index >= 15 is 0 Å². The van der Waals surface area contributed by atoms with E-state index in [4.69, 9.17) is 0 Å². The number of aliphatic carboxylic acids is 1. The second-order valence-electron chi connectivity index (χ2n) is 5.31. The molecule has 0 aliphatic carbocycles. The van der Waals surface area contributed by atoms with E-state index in [0.717, 1.165) is 5.56 Å². The number of carbonyl (C=O) groups is 1. The van der Waals surface area contributed by atoms with Crippen LogP contribution in [0.5, 0.6) is 0 Å². The van der Waals surface area contributed by atoms with Crippen LogP contribution in [0.25, 0.3) is 5.65 Å². The zero-order valence-electron chi connectivity index (χ0n) is 12.4. The number of hydrogen-bond acceptors (Lipinski definition) is 4. The lowest BCUT2D eigenvalue weighted by Gasteiger charge is -2.24. The van der Waals surface area contributed by atoms with Crippen LogP contribution in [0.1, 0.15) is 31.5 Å². The van der Waals surface area contributed by atoms with Gasteiger partial charge in [-0.15, -0.1) is 0 Å². The van der Waals surface area contributed by atoms with E-state index in [9.17, 15) is 14.7 Å². The van der Waals surface area contributed by atoms with Gasteiger partial charge in [-0.25, -0.2) is 4.98 Å². The monoisotopic (exact) mass is 289 g/mol. The number of nitrogens with one attached hydrogen (secondary N) is 1. The number of nitrogens with zero attached hydrogens (tertiary/aromatic N) is 2. The predicted molar refractivity (Wildman–Crippen MR) is 79.4 cm³/mol. The van der Waals surface area contributed by atoms with Gasteiger partial charge in [-0.2, -0.15) is 0 Å². The largest absolute Gasteiger partial charge is 0.480 e. The van der Waals surface area contributed by atoms with Gasteiger partial charge in [0.1, 0.15) is 11.2 Å².